The molecular formula is C17H13ClN4O3S. The maximum Gasteiger partial charge on any atom is 0.270 e. The van der Waals surface area contributed by atoms with Crippen molar-refractivity contribution in [3.8, 4) is 16.9 Å². The van der Waals surface area contributed by atoms with Gasteiger partial charge in [0.05, 0.1) is 22.6 Å². The van der Waals surface area contributed by atoms with E-state index in [4.69, 9.17) is 17.3 Å². The molecule has 1 heterocycles. The van der Waals surface area contributed by atoms with E-state index in [0.717, 1.165) is 5.69 Å². The van der Waals surface area contributed by atoms with E-state index in [-0.39, 0.29) is 11.4 Å². The first kappa shape index (κ1) is 18.0. The van der Waals surface area contributed by atoms with Gasteiger partial charge < -0.3 is 5.73 Å². The molecule has 0 bridgehead atoms. The summed E-state index contributed by atoms with van der Waals surface area (Å²) in [5.41, 5.74) is 7.27. The molecule has 1 aromatic heterocycles. The number of carbonyl (C=O) groups excluding carboxylic acids is 1. The van der Waals surface area contributed by atoms with Gasteiger partial charge in [-0.15, -0.1) is 0 Å². The number of rotatable bonds is 6. The third-order valence-electron chi connectivity index (χ3n) is 3.51. The number of thioether (sulfide) groups is 1. The quantitative estimate of drug-likeness (QED) is 0.394. The average molecular weight is 389 g/mol. The van der Waals surface area contributed by atoms with Crippen molar-refractivity contribution in [1.29, 1.82) is 0 Å². The van der Waals surface area contributed by atoms with Crippen molar-refractivity contribution >= 4 is 35.0 Å². The van der Waals surface area contributed by atoms with E-state index in [2.05, 4.69) is 4.98 Å². The lowest BCUT2D eigenvalue weighted by atomic mass is 10.1. The molecule has 2 N–H and O–H groups in total. The van der Waals surface area contributed by atoms with Crippen LogP contribution in [0.5, 0.6) is 0 Å². The summed E-state index contributed by atoms with van der Waals surface area (Å²) in [6.45, 7) is 0. The molecule has 3 aromatic rings. The third kappa shape index (κ3) is 3.87. The van der Waals surface area contributed by atoms with Crippen LogP contribution in [0, 0.1) is 10.1 Å². The molecular weight excluding hydrogens is 376 g/mol. The average Bonchev–Trinajstić information content (AvgIpc) is 3.04. The number of benzene rings is 2. The minimum atomic E-state index is -0.461. The first-order valence-corrected chi connectivity index (χ1v) is 8.81. The first-order valence-electron chi connectivity index (χ1n) is 7.45. The zero-order valence-electron chi connectivity index (χ0n) is 13.3. The second-order valence-corrected chi connectivity index (χ2v) is 6.68. The van der Waals surface area contributed by atoms with Crippen molar-refractivity contribution in [1.82, 2.24) is 9.55 Å². The molecule has 0 saturated carbocycles. The number of hydrogen-bond donors (Lipinski definition) is 1. The van der Waals surface area contributed by atoms with Crippen LogP contribution in [0.1, 0.15) is 0 Å². The summed E-state index contributed by atoms with van der Waals surface area (Å²) in [5.74, 6) is -0.392. The number of hydrogen-bond acceptors (Lipinski definition) is 5. The molecule has 0 unspecified atom stereocenters. The Labute approximate surface area is 157 Å². The standard InChI is InChI=1S/C17H13ClN4O3S/c18-12-4-6-13(7-5-12)21-15(9-20-17(21)26-10-16(19)23)11-2-1-3-14(8-11)22(24)25/h1-9H,10H2,(H2,19,23). The highest BCUT2D eigenvalue weighted by Gasteiger charge is 2.17. The summed E-state index contributed by atoms with van der Waals surface area (Å²) in [6, 6.07) is 13.4. The van der Waals surface area contributed by atoms with Gasteiger partial charge in [0, 0.05) is 28.4 Å². The molecule has 7 nitrogen and oxygen atoms in total. The highest BCUT2D eigenvalue weighted by Crippen LogP contribution is 2.31. The van der Waals surface area contributed by atoms with Gasteiger partial charge in [-0.25, -0.2) is 4.98 Å². The Morgan fingerprint density at radius 1 is 1.27 bits per heavy atom. The first-order chi connectivity index (χ1) is 12.5. The normalized spacial score (nSPS) is 10.7. The number of amides is 1. The highest BCUT2D eigenvalue weighted by atomic mass is 35.5. The van der Waals surface area contributed by atoms with Gasteiger partial charge >= 0.3 is 0 Å². The highest BCUT2D eigenvalue weighted by molar-refractivity contribution is 7.99. The summed E-state index contributed by atoms with van der Waals surface area (Å²) in [6.07, 6.45) is 1.61. The van der Waals surface area contributed by atoms with Crippen molar-refractivity contribution in [3.05, 3.63) is 69.9 Å². The summed E-state index contributed by atoms with van der Waals surface area (Å²) in [4.78, 5) is 26.1. The molecule has 0 saturated heterocycles. The number of non-ortho nitro benzene ring substituents is 1. The Hall–Kier alpha value is -2.84. The second kappa shape index (κ2) is 7.59. The van der Waals surface area contributed by atoms with Crippen molar-refractivity contribution in [2.45, 2.75) is 5.16 Å². The molecule has 132 valence electrons. The minimum Gasteiger partial charge on any atom is -0.369 e. The molecule has 9 heteroatoms. The van der Waals surface area contributed by atoms with Crippen molar-refractivity contribution in [2.75, 3.05) is 5.75 Å². The largest absolute Gasteiger partial charge is 0.369 e. The van der Waals surface area contributed by atoms with E-state index in [1.165, 1.54) is 23.9 Å². The zero-order valence-corrected chi connectivity index (χ0v) is 14.9. The van der Waals surface area contributed by atoms with Gasteiger partial charge in [0.1, 0.15) is 0 Å². The van der Waals surface area contributed by atoms with Crippen LogP contribution in [0.4, 0.5) is 5.69 Å². The van der Waals surface area contributed by atoms with Crippen LogP contribution in [0.15, 0.2) is 59.9 Å². The lowest BCUT2D eigenvalue weighted by molar-refractivity contribution is -0.384. The molecule has 0 atom stereocenters. The van der Waals surface area contributed by atoms with Crippen LogP contribution in [0.2, 0.25) is 5.02 Å². The van der Waals surface area contributed by atoms with E-state index in [1.807, 2.05) is 4.57 Å². The molecule has 3 rings (SSSR count). The Bertz CT molecular complexity index is 972. The van der Waals surface area contributed by atoms with E-state index < -0.39 is 10.8 Å². The van der Waals surface area contributed by atoms with Gasteiger partial charge in [0.25, 0.3) is 5.69 Å². The van der Waals surface area contributed by atoms with Crippen LogP contribution in [-0.2, 0) is 4.79 Å². The van der Waals surface area contributed by atoms with Crippen LogP contribution < -0.4 is 5.73 Å². The fraction of sp³-hybridized carbons (Fsp3) is 0.0588. The molecule has 0 fully saturated rings. The van der Waals surface area contributed by atoms with E-state index >= 15 is 0 Å². The van der Waals surface area contributed by atoms with E-state index in [1.54, 1.807) is 42.6 Å². The monoisotopic (exact) mass is 388 g/mol. The minimum absolute atomic E-state index is 0.0160. The van der Waals surface area contributed by atoms with Gasteiger partial charge in [-0.3, -0.25) is 19.5 Å². The lowest BCUT2D eigenvalue weighted by Crippen LogP contribution is -2.13. The molecule has 0 radical (unpaired) electrons. The van der Waals surface area contributed by atoms with Crippen LogP contribution >= 0.6 is 23.4 Å². The predicted molar refractivity (Wildman–Crippen MR) is 101 cm³/mol. The summed E-state index contributed by atoms with van der Waals surface area (Å²) >= 11 is 7.15. The number of aromatic nitrogens is 2. The smallest absolute Gasteiger partial charge is 0.270 e. The molecule has 2 aromatic carbocycles. The van der Waals surface area contributed by atoms with Gasteiger partial charge in [-0.05, 0) is 24.3 Å². The molecule has 0 aliphatic carbocycles. The molecule has 0 aliphatic rings. The number of imidazole rings is 1. The lowest BCUT2D eigenvalue weighted by Gasteiger charge is -2.12. The number of carbonyl (C=O) groups is 1. The molecule has 0 aliphatic heterocycles. The van der Waals surface area contributed by atoms with Gasteiger partial charge in [0.2, 0.25) is 5.91 Å². The summed E-state index contributed by atoms with van der Waals surface area (Å²) < 4.78 is 1.81. The van der Waals surface area contributed by atoms with Crippen molar-refractivity contribution in [2.24, 2.45) is 5.73 Å². The van der Waals surface area contributed by atoms with E-state index in [9.17, 15) is 14.9 Å². The summed E-state index contributed by atoms with van der Waals surface area (Å²) in [5, 5.41) is 12.2. The second-order valence-electron chi connectivity index (χ2n) is 5.30. The molecule has 26 heavy (non-hydrogen) atoms. The van der Waals surface area contributed by atoms with Gasteiger partial charge in [-0.1, -0.05) is 35.5 Å². The van der Waals surface area contributed by atoms with Crippen LogP contribution in [-0.4, -0.2) is 26.1 Å². The number of nitro groups is 1. The van der Waals surface area contributed by atoms with Gasteiger partial charge in [-0.2, -0.15) is 0 Å². The fourth-order valence-corrected chi connectivity index (χ4v) is 3.25. The summed E-state index contributed by atoms with van der Waals surface area (Å²) in [7, 11) is 0. The van der Waals surface area contributed by atoms with E-state index in [0.29, 0.717) is 21.4 Å². The fourth-order valence-electron chi connectivity index (χ4n) is 2.39. The zero-order chi connectivity index (χ0) is 18.7. The third-order valence-corrected chi connectivity index (χ3v) is 4.74. The molecule has 1 amide bonds. The van der Waals surface area contributed by atoms with Crippen LogP contribution in [0.3, 0.4) is 0 Å². The predicted octanol–water partition coefficient (Wildman–Crippen LogP) is 3.68. The number of primary amides is 1. The maximum absolute atomic E-state index is 11.1. The van der Waals surface area contributed by atoms with Gasteiger partial charge in [0.15, 0.2) is 5.16 Å². The van der Waals surface area contributed by atoms with Crippen LogP contribution in [0.25, 0.3) is 16.9 Å². The maximum atomic E-state index is 11.1. The number of nitro benzene ring substituents is 1. The van der Waals surface area contributed by atoms with Crippen molar-refractivity contribution < 1.29 is 9.72 Å². The Kier molecular flexibility index (Phi) is 5.24. The number of nitrogens with two attached hydrogens (primary N) is 1. The number of nitrogens with zero attached hydrogens (tertiary/aromatic N) is 3. The SMILES string of the molecule is NC(=O)CSc1ncc(-c2cccc([N+](=O)[O-])c2)n1-c1ccc(Cl)cc1. The Morgan fingerprint density at radius 3 is 2.65 bits per heavy atom. The molecule has 0 spiro atoms. The number of halogens is 1. The Balaban J connectivity index is 2.13. The Morgan fingerprint density at radius 2 is 2.00 bits per heavy atom. The topological polar surface area (TPSA) is 104 Å². The van der Waals surface area contributed by atoms with Crippen molar-refractivity contribution in [3.63, 3.8) is 0 Å².